The summed E-state index contributed by atoms with van der Waals surface area (Å²) in [5.74, 6) is 0.466. The van der Waals surface area contributed by atoms with Crippen LogP contribution in [0.1, 0.15) is 6.92 Å². The van der Waals surface area contributed by atoms with Crippen LogP contribution in [0.3, 0.4) is 0 Å². The summed E-state index contributed by atoms with van der Waals surface area (Å²) in [6, 6.07) is 0. The van der Waals surface area contributed by atoms with Crippen molar-refractivity contribution in [3.8, 4) is 0 Å². The van der Waals surface area contributed by atoms with Crippen molar-refractivity contribution in [1.29, 1.82) is 0 Å². The molecular formula is C9H13NO2S3. The Bertz CT molecular complexity index is 417. The minimum atomic E-state index is -2.90. The molecule has 2 saturated heterocycles. The molecule has 2 fully saturated rings. The van der Waals surface area contributed by atoms with E-state index < -0.39 is 9.84 Å². The fourth-order valence-electron chi connectivity index (χ4n) is 2.23. The third-order valence-electron chi connectivity index (χ3n) is 3.00. The van der Waals surface area contributed by atoms with Crippen molar-refractivity contribution >= 4 is 38.1 Å². The largest absolute Gasteiger partial charge is 0.346 e. The second-order valence-electron chi connectivity index (χ2n) is 4.18. The Morgan fingerprint density at radius 1 is 1.80 bits per heavy atom. The summed E-state index contributed by atoms with van der Waals surface area (Å²) in [4.78, 5) is 2.00. The molecule has 0 N–H and O–H groups in total. The highest BCUT2D eigenvalue weighted by Crippen LogP contribution is 2.45. The van der Waals surface area contributed by atoms with Crippen molar-refractivity contribution in [2.24, 2.45) is 0 Å². The molecule has 0 aromatic carbocycles. The van der Waals surface area contributed by atoms with E-state index in [0.29, 0.717) is 6.54 Å². The summed E-state index contributed by atoms with van der Waals surface area (Å²) >= 11 is 6.77. The summed E-state index contributed by atoms with van der Waals surface area (Å²) < 4.78 is 24.0. The molecule has 6 heteroatoms. The number of fused-ring (bicyclic) bond motifs is 1. The fourth-order valence-corrected chi connectivity index (χ4v) is 7.16. The van der Waals surface area contributed by atoms with Crippen LogP contribution < -0.4 is 0 Å². The van der Waals surface area contributed by atoms with Gasteiger partial charge in [-0.3, -0.25) is 0 Å². The smallest absolute Gasteiger partial charge is 0.153 e. The first-order chi connectivity index (χ1) is 6.89. The Kier molecular flexibility index (Phi) is 2.64. The van der Waals surface area contributed by atoms with E-state index in [-0.39, 0.29) is 22.3 Å². The second-order valence-corrected chi connectivity index (χ2v) is 8.13. The van der Waals surface area contributed by atoms with Gasteiger partial charge in [-0.25, -0.2) is 8.42 Å². The fraction of sp³-hybridized carbons (Fsp3) is 0.667. The quantitative estimate of drug-likeness (QED) is 0.550. The summed E-state index contributed by atoms with van der Waals surface area (Å²) in [6.07, 6.45) is 1.77. The lowest BCUT2D eigenvalue weighted by atomic mass is 10.00. The van der Waals surface area contributed by atoms with Crippen LogP contribution in [0, 0.1) is 0 Å². The molecule has 15 heavy (non-hydrogen) atoms. The van der Waals surface area contributed by atoms with Gasteiger partial charge in [0.05, 0.1) is 17.0 Å². The molecule has 0 spiro atoms. The molecular weight excluding hydrogens is 250 g/mol. The van der Waals surface area contributed by atoms with Gasteiger partial charge >= 0.3 is 0 Å². The molecule has 2 unspecified atom stereocenters. The Hall–Kier alpha value is -0.0700. The molecule has 0 aliphatic carbocycles. The lowest BCUT2D eigenvalue weighted by Gasteiger charge is -2.33. The van der Waals surface area contributed by atoms with Crippen molar-refractivity contribution in [2.75, 3.05) is 18.1 Å². The van der Waals surface area contributed by atoms with Crippen molar-refractivity contribution in [1.82, 2.24) is 4.90 Å². The highest BCUT2D eigenvalue weighted by Gasteiger charge is 2.56. The number of nitrogens with zero attached hydrogens (tertiary/aromatic N) is 1. The van der Waals surface area contributed by atoms with Gasteiger partial charge in [0.2, 0.25) is 0 Å². The van der Waals surface area contributed by atoms with Crippen LogP contribution >= 0.6 is 24.0 Å². The van der Waals surface area contributed by atoms with Gasteiger partial charge in [-0.15, -0.1) is 6.58 Å². The number of hydrogen-bond donors (Lipinski definition) is 0. The van der Waals surface area contributed by atoms with E-state index in [0.717, 1.165) is 4.32 Å². The average Bonchev–Trinajstić information content (AvgIpc) is 2.42. The van der Waals surface area contributed by atoms with Crippen molar-refractivity contribution in [2.45, 2.75) is 17.7 Å². The lowest BCUT2D eigenvalue weighted by Crippen LogP contribution is -2.48. The predicted octanol–water partition coefficient (Wildman–Crippen LogP) is 1.06. The Balaban J connectivity index is 2.35. The van der Waals surface area contributed by atoms with Crippen molar-refractivity contribution in [3.63, 3.8) is 0 Å². The van der Waals surface area contributed by atoms with Crippen LogP contribution in [0.25, 0.3) is 0 Å². The zero-order chi connectivity index (χ0) is 11.3. The normalized spacial score (nSPS) is 38.1. The molecule has 0 bridgehead atoms. The van der Waals surface area contributed by atoms with E-state index in [1.54, 1.807) is 6.08 Å². The zero-order valence-corrected chi connectivity index (χ0v) is 10.9. The Labute approximate surface area is 99.8 Å². The van der Waals surface area contributed by atoms with E-state index in [9.17, 15) is 8.42 Å². The van der Waals surface area contributed by atoms with Gasteiger partial charge < -0.3 is 4.90 Å². The van der Waals surface area contributed by atoms with E-state index in [1.165, 1.54) is 11.8 Å². The van der Waals surface area contributed by atoms with Crippen molar-refractivity contribution in [3.05, 3.63) is 12.7 Å². The molecule has 2 aliphatic heterocycles. The third kappa shape index (κ3) is 1.72. The molecule has 0 aromatic rings. The van der Waals surface area contributed by atoms with Crippen LogP contribution in [0.2, 0.25) is 0 Å². The summed E-state index contributed by atoms with van der Waals surface area (Å²) in [5, 5.41) is 0.0925. The lowest BCUT2D eigenvalue weighted by molar-refractivity contribution is 0.267. The highest BCUT2D eigenvalue weighted by molar-refractivity contribution is 8.24. The number of sulfone groups is 1. The third-order valence-corrected chi connectivity index (χ3v) is 6.97. The SMILES string of the molecule is C=CCN1C(=S)SC2CS(=O)(=O)CC21C. The van der Waals surface area contributed by atoms with Gasteiger partial charge in [0.15, 0.2) is 9.84 Å². The van der Waals surface area contributed by atoms with E-state index in [2.05, 4.69) is 6.58 Å². The van der Waals surface area contributed by atoms with Gasteiger partial charge in [-0.2, -0.15) is 0 Å². The number of thiocarbonyl (C=S) groups is 1. The van der Waals surface area contributed by atoms with Crippen LogP contribution in [0.5, 0.6) is 0 Å². The number of rotatable bonds is 2. The van der Waals surface area contributed by atoms with Crippen LogP contribution in [-0.2, 0) is 9.84 Å². The predicted molar refractivity (Wildman–Crippen MR) is 67.9 cm³/mol. The molecule has 2 rings (SSSR count). The maximum Gasteiger partial charge on any atom is 0.153 e. The first-order valence-corrected chi connectivity index (χ1v) is 7.79. The molecule has 84 valence electrons. The topological polar surface area (TPSA) is 37.4 Å². The van der Waals surface area contributed by atoms with Crippen molar-refractivity contribution < 1.29 is 8.42 Å². The highest BCUT2D eigenvalue weighted by atomic mass is 32.2. The summed E-state index contributed by atoms with van der Waals surface area (Å²) in [6.45, 7) is 6.30. The Morgan fingerprint density at radius 3 is 3.07 bits per heavy atom. The summed E-state index contributed by atoms with van der Waals surface area (Å²) in [7, 11) is -2.90. The van der Waals surface area contributed by atoms with Gasteiger partial charge in [0, 0.05) is 11.8 Å². The maximum atomic E-state index is 11.6. The van der Waals surface area contributed by atoms with Gasteiger partial charge in [0.1, 0.15) is 4.32 Å². The average molecular weight is 263 g/mol. The monoisotopic (exact) mass is 263 g/mol. The Morgan fingerprint density at radius 2 is 2.47 bits per heavy atom. The van der Waals surface area contributed by atoms with Crippen LogP contribution in [-0.4, -0.2) is 46.5 Å². The van der Waals surface area contributed by atoms with E-state index in [1.807, 2.05) is 11.8 Å². The molecule has 2 heterocycles. The number of hydrogen-bond acceptors (Lipinski definition) is 4. The molecule has 2 atom stereocenters. The molecule has 2 aliphatic rings. The number of thioether (sulfide) groups is 1. The first-order valence-electron chi connectivity index (χ1n) is 4.69. The molecule has 0 saturated carbocycles. The van der Waals surface area contributed by atoms with Crippen LogP contribution in [0.4, 0.5) is 0 Å². The van der Waals surface area contributed by atoms with Gasteiger partial charge in [-0.05, 0) is 6.92 Å². The standard InChI is InChI=1S/C9H13NO2S3/c1-3-4-10-8(13)14-7-5-15(11,12)6-9(7,10)2/h3,7H,1,4-6H2,2H3. The van der Waals surface area contributed by atoms with Gasteiger partial charge in [-0.1, -0.05) is 30.1 Å². The molecule has 0 amide bonds. The molecule has 0 aromatic heterocycles. The molecule has 3 nitrogen and oxygen atoms in total. The molecule has 0 radical (unpaired) electrons. The van der Waals surface area contributed by atoms with Crippen LogP contribution in [0.15, 0.2) is 12.7 Å². The minimum Gasteiger partial charge on any atom is -0.346 e. The van der Waals surface area contributed by atoms with E-state index in [4.69, 9.17) is 12.2 Å². The second kappa shape index (κ2) is 3.46. The van der Waals surface area contributed by atoms with Gasteiger partial charge in [0.25, 0.3) is 0 Å². The zero-order valence-electron chi connectivity index (χ0n) is 8.47. The van der Waals surface area contributed by atoms with E-state index >= 15 is 0 Å². The summed E-state index contributed by atoms with van der Waals surface area (Å²) in [5.41, 5.74) is -0.325. The minimum absolute atomic E-state index is 0.0925. The first kappa shape index (κ1) is 11.4. The maximum absolute atomic E-state index is 11.6.